The van der Waals surface area contributed by atoms with E-state index in [1.807, 2.05) is 32.0 Å². The fourth-order valence-corrected chi connectivity index (χ4v) is 2.71. The number of hydrogen-bond donors (Lipinski definition) is 1. The van der Waals surface area contributed by atoms with Crippen LogP contribution in [-0.4, -0.2) is 21.9 Å². The van der Waals surface area contributed by atoms with Crippen molar-refractivity contribution in [3.8, 4) is 11.5 Å². The Morgan fingerprint density at radius 3 is 2.76 bits per heavy atom. The van der Waals surface area contributed by atoms with Crippen LogP contribution in [0.4, 0.5) is 10.1 Å². The van der Waals surface area contributed by atoms with Crippen molar-refractivity contribution in [3.05, 3.63) is 59.4 Å². The number of amides is 1. The molecule has 0 fully saturated rings. The first kappa shape index (κ1) is 17.2. The number of benzene rings is 2. The monoisotopic (exact) mass is 357 g/mol. The van der Waals surface area contributed by atoms with Crippen molar-refractivity contribution in [2.24, 2.45) is 0 Å². The molecular formula is C18H16FN3O2S. The zero-order chi connectivity index (χ0) is 17.8. The minimum absolute atomic E-state index is 0.0884. The lowest BCUT2D eigenvalue weighted by molar-refractivity contribution is -0.113. The van der Waals surface area contributed by atoms with Crippen molar-refractivity contribution in [1.29, 1.82) is 0 Å². The van der Waals surface area contributed by atoms with E-state index in [1.54, 1.807) is 6.07 Å². The molecule has 128 valence electrons. The van der Waals surface area contributed by atoms with Gasteiger partial charge in [-0.1, -0.05) is 23.9 Å². The molecule has 1 heterocycles. The average molecular weight is 357 g/mol. The van der Waals surface area contributed by atoms with Gasteiger partial charge in [0.1, 0.15) is 5.82 Å². The van der Waals surface area contributed by atoms with Crippen molar-refractivity contribution < 1.29 is 13.6 Å². The van der Waals surface area contributed by atoms with Gasteiger partial charge < -0.3 is 9.73 Å². The molecule has 0 aliphatic carbocycles. The first-order valence-corrected chi connectivity index (χ1v) is 8.59. The van der Waals surface area contributed by atoms with Gasteiger partial charge in [-0.15, -0.1) is 10.2 Å². The van der Waals surface area contributed by atoms with Gasteiger partial charge in [0.2, 0.25) is 11.8 Å². The number of hydrogen-bond acceptors (Lipinski definition) is 5. The fraction of sp³-hybridized carbons (Fsp3) is 0.167. The number of anilines is 1. The van der Waals surface area contributed by atoms with Gasteiger partial charge >= 0.3 is 0 Å². The zero-order valence-corrected chi connectivity index (χ0v) is 14.6. The molecule has 0 radical (unpaired) electrons. The number of aryl methyl sites for hydroxylation is 2. The van der Waals surface area contributed by atoms with Gasteiger partial charge in [0, 0.05) is 11.3 Å². The first-order valence-electron chi connectivity index (χ1n) is 7.60. The van der Waals surface area contributed by atoms with Gasteiger partial charge in [-0.25, -0.2) is 4.39 Å². The fourth-order valence-electron chi connectivity index (χ4n) is 2.15. The van der Waals surface area contributed by atoms with Gasteiger partial charge in [-0.05, 0) is 55.3 Å². The third-order valence-corrected chi connectivity index (χ3v) is 4.41. The second kappa shape index (κ2) is 7.48. The number of aromatic nitrogens is 2. The van der Waals surface area contributed by atoms with Crippen LogP contribution in [0.5, 0.6) is 0 Å². The molecule has 1 aromatic heterocycles. The van der Waals surface area contributed by atoms with Gasteiger partial charge in [0.05, 0.1) is 5.75 Å². The Morgan fingerprint density at radius 2 is 2.00 bits per heavy atom. The molecule has 5 nitrogen and oxygen atoms in total. The van der Waals surface area contributed by atoms with E-state index in [4.69, 9.17) is 4.42 Å². The van der Waals surface area contributed by atoms with Crippen molar-refractivity contribution in [2.45, 2.75) is 19.1 Å². The highest BCUT2D eigenvalue weighted by molar-refractivity contribution is 7.99. The normalized spacial score (nSPS) is 10.7. The predicted molar refractivity (Wildman–Crippen MR) is 95.0 cm³/mol. The highest BCUT2D eigenvalue weighted by Gasteiger charge is 2.12. The number of nitrogens with one attached hydrogen (secondary N) is 1. The Morgan fingerprint density at radius 1 is 1.16 bits per heavy atom. The summed E-state index contributed by atoms with van der Waals surface area (Å²) in [7, 11) is 0. The molecule has 1 amide bonds. The molecule has 0 aliphatic rings. The Labute approximate surface area is 148 Å². The van der Waals surface area contributed by atoms with E-state index in [-0.39, 0.29) is 11.7 Å². The van der Waals surface area contributed by atoms with Crippen molar-refractivity contribution in [2.75, 3.05) is 11.1 Å². The number of carbonyl (C=O) groups excluding carboxylic acids is 1. The SMILES string of the molecule is Cc1ccc(-c2nnc(SCC(=O)Nc3cccc(F)c3)o2)cc1C. The smallest absolute Gasteiger partial charge is 0.277 e. The molecule has 25 heavy (non-hydrogen) atoms. The molecule has 1 N–H and O–H groups in total. The van der Waals surface area contributed by atoms with Crippen LogP contribution in [-0.2, 0) is 4.79 Å². The van der Waals surface area contributed by atoms with Gasteiger partial charge in [-0.2, -0.15) is 0 Å². The highest BCUT2D eigenvalue weighted by atomic mass is 32.2. The zero-order valence-electron chi connectivity index (χ0n) is 13.7. The largest absolute Gasteiger partial charge is 0.411 e. The number of halogens is 1. The summed E-state index contributed by atoms with van der Waals surface area (Å²) in [5.41, 5.74) is 3.57. The molecule has 3 rings (SSSR count). The molecule has 0 aliphatic heterocycles. The summed E-state index contributed by atoms with van der Waals surface area (Å²) in [5, 5.41) is 10.9. The molecule has 2 aromatic carbocycles. The summed E-state index contributed by atoms with van der Waals surface area (Å²) in [6.07, 6.45) is 0. The van der Waals surface area contributed by atoms with Crippen LogP contribution in [0.1, 0.15) is 11.1 Å². The summed E-state index contributed by atoms with van der Waals surface area (Å²) in [6.45, 7) is 4.05. The van der Waals surface area contributed by atoms with Crippen LogP contribution in [0, 0.1) is 19.7 Å². The number of carbonyl (C=O) groups is 1. The summed E-state index contributed by atoms with van der Waals surface area (Å²) < 4.78 is 18.7. The van der Waals surface area contributed by atoms with Crippen LogP contribution in [0.2, 0.25) is 0 Å². The summed E-state index contributed by atoms with van der Waals surface area (Å²) in [6, 6.07) is 11.6. The van der Waals surface area contributed by atoms with Crippen LogP contribution in [0.15, 0.2) is 52.1 Å². The van der Waals surface area contributed by atoms with Crippen molar-refractivity contribution in [3.63, 3.8) is 0 Å². The summed E-state index contributed by atoms with van der Waals surface area (Å²) in [4.78, 5) is 11.9. The van der Waals surface area contributed by atoms with Gasteiger partial charge in [-0.3, -0.25) is 4.79 Å². The van der Waals surface area contributed by atoms with Gasteiger partial charge in [0.25, 0.3) is 5.22 Å². The van der Waals surface area contributed by atoms with E-state index < -0.39 is 5.82 Å². The van der Waals surface area contributed by atoms with Crippen molar-refractivity contribution >= 4 is 23.4 Å². The third-order valence-electron chi connectivity index (χ3n) is 3.60. The predicted octanol–water partition coefficient (Wildman–Crippen LogP) is 4.22. The van der Waals surface area contributed by atoms with E-state index in [9.17, 15) is 9.18 Å². The molecule has 0 spiro atoms. The minimum Gasteiger partial charge on any atom is -0.411 e. The van der Waals surface area contributed by atoms with Crippen molar-refractivity contribution in [1.82, 2.24) is 10.2 Å². The van der Waals surface area contributed by atoms with E-state index in [0.29, 0.717) is 16.8 Å². The molecule has 7 heteroatoms. The van der Waals surface area contributed by atoms with E-state index in [2.05, 4.69) is 15.5 Å². The summed E-state index contributed by atoms with van der Waals surface area (Å²) in [5.74, 6) is -0.177. The van der Waals surface area contributed by atoms with E-state index in [0.717, 1.165) is 22.9 Å². The molecule has 0 atom stereocenters. The van der Waals surface area contributed by atoms with Crippen LogP contribution in [0.3, 0.4) is 0 Å². The highest BCUT2D eigenvalue weighted by Crippen LogP contribution is 2.25. The number of thioether (sulfide) groups is 1. The minimum atomic E-state index is -0.402. The molecular weight excluding hydrogens is 341 g/mol. The maximum absolute atomic E-state index is 13.1. The quantitative estimate of drug-likeness (QED) is 0.692. The lowest BCUT2D eigenvalue weighted by atomic mass is 10.1. The Kier molecular flexibility index (Phi) is 5.14. The van der Waals surface area contributed by atoms with Crippen LogP contribution in [0.25, 0.3) is 11.5 Å². The maximum Gasteiger partial charge on any atom is 0.277 e. The second-order valence-corrected chi connectivity index (χ2v) is 6.45. The average Bonchev–Trinajstić information content (AvgIpc) is 3.04. The van der Waals surface area contributed by atoms with E-state index >= 15 is 0 Å². The topological polar surface area (TPSA) is 68.0 Å². The second-order valence-electron chi connectivity index (χ2n) is 5.52. The molecule has 0 unspecified atom stereocenters. The Bertz CT molecular complexity index is 911. The number of nitrogens with zero attached hydrogens (tertiary/aromatic N) is 2. The first-order chi connectivity index (χ1) is 12.0. The van der Waals surface area contributed by atoms with Crippen LogP contribution >= 0.6 is 11.8 Å². The standard InChI is InChI=1S/C18H16FN3O2S/c1-11-6-7-13(8-12(11)2)17-21-22-18(24-17)25-10-16(23)20-15-5-3-4-14(19)9-15/h3-9H,10H2,1-2H3,(H,20,23). The Balaban J connectivity index is 1.59. The third kappa shape index (κ3) is 4.45. The van der Waals surface area contributed by atoms with E-state index in [1.165, 1.54) is 23.8 Å². The van der Waals surface area contributed by atoms with Crippen LogP contribution < -0.4 is 5.32 Å². The summed E-state index contributed by atoms with van der Waals surface area (Å²) >= 11 is 1.13. The van der Waals surface area contributed by atoms with Gasteiger partial charge in [0.15, 0.2) is 0 Å². The lowest BCUT2D eigenvalue weighted by Gasteiger charge is -2.03. The molecule has 0 saturated carbocycles. The number of rotatable bonds is 5. The maximum atomic E-state index is 13.1. The Hall–Kier alpha value is -2.67. The molecule has 3 aromatic rings. The molecule has 0 bridgehead atoms. The lowest BCUT2D eigenvalue weighted by Crippen LogP contribution is -2.14. The molecule has 0 saturated heterocycles.